The fourth-order valence-electron chi connectivity index (χ4n) is 0.493. The van der Waals surface area contributed by atoms with Gasteiger partial charge < -0.3 is 10.1 Å². The summed E-state index contributed by atoms with van der Waals surface area (Å²) in [5.41, 5.74) is 0. The van der Waals surface area contributed by atoms with E-state index in [1.54, 1.807) is 0 Å². The number of ether oxygens (including phenoxy) is 1. The van der Waals surface area contributed by atoms with Crippen molar-refractivity contribution in [2.75, 3.05) is 6.54 Å². The second-order valence-corrected chi connectivity index (χ2v) is 1.60. The van der Waals surface area contributed by atoms with Crippen molar-refractivity contribution in [1.82, 2.24) is 5.32 Å². The number of hydrogen-bond acceptors (Lipinski definition) is 2. The number of hydrogen-bond donors (Lipinski definition) is 1. The largest absolute Gasteiger partial charge is 0.445 e. The van der Waals surface area contributed by atoms with Crippen molar-refractivity contribution in [2.24, 2.45) is 0 Å². The lowest BCUT2D eigenvalue weighted by Gasteiger charge is -1.92. The molecule has 1 N–H and O–H groups in total. The average molecular weight is 131 g/mol. The van der Waals surface area contributed by atoms with Gasteiger partial charge in [0.05, 0.1) is 6.54 Å². The molecule has 0 radical (unpaired) electrons. The third kappa shape index (κ3) is 2.95. The quantitative estimate of drug-likeness (QED) is 0.535. The molecule has 0 saturated carbocycles. The zero-order valence-electron chi connectivity index (χ0n) is 6.10. The molecule has 3 heteroatoms. The van der Waals surface area contributed by atoms with Gasteiger partial charge in [0.15, 0.2) is 0 Å². The fraction of sp³-hybridized carbons (Fsp3) is 0.833. The number of carbonyl (C=O) groups is 1. The fourth-order valence-corrected chi connectivity index (χ4v) is 0.493. The van der Waals surface area contributed by atoms with Crippen LogP contribution in [0.1, 0.15) is 20.8 Å². The Morgan fingerprint density at radius 1 is 1.67 bits per heavy atom. The first-order chi connectivity index (χ1) is 4.29. The smallest absolute Gasteiger partial charge is 0.407 e. The minimum Gasteiger partial charge on any atom is -0.445 e. The van der Waals surface area contributed by atoms with Gasteiger partial charge in [-0.15, -0.1) is 0 Å². The van der Waals surface area contributed by atoms with E-state index in [0.29, 0.717) is 6.54 Å². The molecule has 3 nitrogen and oxygen atoms in total. The summed E-state index contributed by atoms with van der Waals surface area (Å²) >= 11 is 0. The summed E-state index contributed by atoms with van der Waals surface area (Å²) in [5, 5.41) is 2.51. The molecule has 9 heavy (non-hydrogen) atoms. The minimum atomic E-state index is -0.299. The van der Waals surface area contributed by atoms with Gasteiger partial charge in [-0.25, -0.2) is 4.79 Å². The minimum absolute atomic E-state index is 0.0625. The highest BCUT2D eigenvalue weighted by Crippen LogP contribution is 1.95. The molecule has 1 atom stereocenters. The van der Waals surface area contributed by atoms with Gasteiger partial charge in [0.25, 0.3) is 0 Å². The van der Waals surface area contributed by atoms with Crippen LogP contribution in [0.15, 0.2) is 0 Å². The third-order valence-electron chi connectivity index (χ3n) is 0.842. The van der Waals surface area contributed by atoms with E-state index in [1.807, 2.05) is 20.8 Å². The van der Waals surface area contributed by atoms with E-state index in [2.05, 4.69) is 10.1 Å². The SMILES string of the molecule is CC.CC1CNC(=O)O1. The molecule has 1 unspecified atom stereocenters. The van der Waals surface area contributed by atoms with Gasteiger partial charge in [-0.1, -0.05) is 13.8 Å². The summed E-state index contributed by atoms with van der Waals surface area (Å²) in [6.07, 6.45) is -0.236. The van der Waals surface area contributed by atoms with Crippen molar-refractivity contribution in [3.63, 3.8) is 0 Å². The molecular weight excluding hydrogens is 118 g/mol. The lowest BCUT2D eigenvalue weighted by molar-refractivity contribution is 0.148. The number of cyclic esters (lactones) is 1. The first-order valence-electron chi connectivity index (χ1n) is 3.23. The van der Waals surface area contributed by atoms with E-state index >= 15 is 0 Å². The average Bonchev–Trinajstić information content (AvgIpc) is 2.20. The number of nitrogens with one attached hydrogen (secondary N) is 1. The zero-order chi connectivity index (χ0) is 7.28. The summed E-state index contributed by atoms with van der Waals surface area (Å²) in [6.45, 7) is 6.50. The van der Waals surface area contributed by atoms with Crippen molar-refractivity contribution >= 4 is 6.09 Å². The zero-order valence-corrected chi connectivity index (χ0v) is 6.10. The first-order valence-corrected chi connectivity index (χ1v) is 3.23. The second-order valence-electron chi connectivity index (χ2n) is 1.60. The Balaban J connectivity index is 0.000000291. The lowest BCUT2D eigenvalue weighted by atomic mass is 10.4. The van der Waals surface area contributed by atoms with Crippen LogP contribution in [-0.2, 0) is 4.74 Å². The molecule has 54 valence electrons. The van der Waals surface area contributed by atoms with Crippen LogP contribution in [-0.4, -0.2) is 18.7 Å². The molecule has 0 spiro atoms. The van der Waals surface area contributed by atoms with E-state index in [0.717, 1.165) is 0 Å². The van der Waals surface area contributed by atoms with Crippen LogP contribution >= 0.6 is 0 Å². The van der Waals surface area contributed by atoms with Gasteiger partial charge in [-0.2, -0.15) is 0 Å². The van der Waals surface area contributed by atoms with E-state index in [4.69, 9.17) is 0 Å². The Bertz CT molecular complexity index is 93.1. The van der Waals surface area contributed by atoms with Crippen molar-refractivity contribution in [3.8, 4) is 0 Å². The highest BCUT2D eigenvalue weighted by atomic mass is 16.6. The van der Waals surface area contributed by atoms with Crippen LogP contribution in [0.25, 0.3) is 0 Å². The molecule has 1 amide bonds. The summed E-state index contributed by atoms with van der Waals surface area (Å²) in [5.74, 6) is 0. The van der Waals surface area contributed by atoms with Crippen LogP contribution in [0.3, 0.4) is 0 Å². The second kappa shape index (κ2) is 4.18. The predicted molar refractivity (Wildman–Crippen MR) is 35.3 cm³/mol. The van der Waals surface area contributed by atoms with E-state index in [9.17, 15) is 4.79 Å². The number of amides is 1. The molecule has 0 aromatic carbocycles. The van der Waals surface area contributed by atoms with E-state index < -0.39 is 0 Å². The Morgan fingerprint density at radius 3 is 2.33 bits per heavy atom. The third-order valence-corrected chi connectivity index (χ3v) is 0.842. The highest BCUT2D eigenvalue weighted by Gasteiger charge is 2.16. The van der Waals surface area contributed by atoms with E-state index in [1.165, 1.54) is 0 Å². The topological polar surface area (TPSA) is 38.3 Å². The molecule has 1 aliphatic rings. The maximum atomic E-state index is 10.1. The molecule has 0 aromatic heterocycles. The Hall–Kier alpha value is -0.730. The maximum absolute atomic E-state index is 10.1. The molecule has 1 fully saturated rings. The monoisotopic (exact) mass is 131 g/mol. The van der Waals surface area contributed by atoms with Crippen LogP contribution in [0.5, 0.6) is 0 Å². The molecule has 0 aliphatic carbocycles. The van der Waals surface area contributed by atoms with Crippen molar-refractivity contribution in [3.05, 3.63) is 0 Å². The Labute approximate surface area is 55.4 Å². The summed E-state index contributed by atoms with van der Waals surface area (Å²) in [4.78, 5) is 10.1. The molecule has 1 aliphatic heterocycles. The van der Waals surface area contributed by atoms with Gasteiger partial charge in [-0.05, 0) is 6.92 Å². The van der Waals surface area contributed by atoms with Crippen molar-refractivity contribution in [2.45, 2.75) is 26.9 Å². The summed E-state index contributed by atoms with van der Waals surface area (Å²) in [7, 11) is 0. The van der Waals surface area contributed by atoms with Gasteiger partial charge in [0.1, 0.15) is 6.10 Å². The van der Waals surface area contributed by atoms with Gasteiger partial charge in [0, 0.05) is 0 Å². The Kier molecular flexibility index (Phi) is 3.84. The molecule has 0 aromatic rings. The normalized spacial score (nSPS) is 23.4. The molecular formula is C6H13NO2. The molecule has 0 bridgehead atoms. The molecule has 1 heterocycles. The predicted octanol–water partition coefficient (Wildman–Crippen LogP) is 1.14. The van der Waals surface area contributed by atoms with E-state index in [-0.39, 0.29) is 12.2 Å². The summed E-state index contributed by atoms with van der Waals surface area (Å²) < 4.78 is 4.61. The lowest BCUT2D eigenvalue weighted by Crippen LogP contribution is -2.12. The number of carbonyl (C=O) groups excluding carboxylic acids is 1. The van der Waals surface area contributed by atoms with Gasteiger partial charge >= 0.3 is 6.09 Å². The van der Waals surface area contributed by atoms with Gasteiger partial charge in [0.2, 0.25) is 0 Å². The number of rotatable bonds is 0. The molecule has 1 rings (SSSR count). The van der Waals surface area contributed by atoms with Crippen LogP contribution < -0.4 is 5.32 Å². The first kappa shape index (κ1) is 8.27. The number of alkyl carbamates (subject to hydrolysis) is 1. The van der Waals surface area contributed by atoms with Crippen LogP contribution in [0, 0.1) is 0 Å². The van der Waals surface area contributed by atoms with Crippen LogP contribution in [0.2, 0.25) is 0 Å². The van der Waals surface area contributed by atoms with Crippen molar-refractivity contribution in [1.29, 1.82) is 0 Å². The standard InChI is InChI=1S/C4H7NO2.C2H6/c1-3-2-5-4(6)7-3;1-2/h3H,2H2,1H3,(H,5,6);1-2H3. The Morgan fingerprint density at radius 2 is 2.22 bits per heavy atom. The maximum Gasteiger partial charge on any atom is 0.407 e. The summed E-state index contributed by atoms with van der Waals surface area (Å²) in [6, 6.07) is 0. The van der Waals surface area contributed by atoms with Crippen LogP contribution in [0.4, 0.5) is 4.79 Å². The van der Waals surface area contributed by atoms with Gasteiger partial charge in [-0.3, -0.25) is 0 Å². The molecule has 1 saturated heterocycles. The highest BCUT2D eigenvalue weighted by molar-refractivity contribution is 5.69. The van der Waals surface area contributed by atoms with Crippen molar-refractivity contribution < 1.29 is 9.53 Å².